The van der Waals surface area contributed by atoms with Crippen molar-refractivity contribution in [2.24, 2.45) is 0 Å². The summed E-state index contributed by atoms with van der Waals surface area (Å²) in [6, 6.07) is 6.18. The molecule has 1 aromatic carbocycles. The number of nitrogens with zero attached hydrogens (tertiary/aromatic N) is 1. The molecule has 0 amide bonds. The number of piperazine rings is 1. The van der Waals surface area contributed by atoms with Crippen LogP contribution >= 0.6 is 24.8 Å². The van der Waals surface area contributed by atoms with Crippen LogP contribution in [0.15, 0.2) is 18.2 Å². The van der Waals surface area contributed by atoms with Crippen LogP contribution in [0.2, 0.25) is 0 Å². The van der Waals surface area contributed by atoms with Gasteiger partial charge in [-0.1, -0.05) is 25.8 Å². The van der Waals surface area contributed by atoms with E-state index in [1.165, 1.54) is 18.4 Å². The second kappa shape index (κ2) is 10.9. The summed E-state index contributed by atoms with van der Waals surface area (Å²) in [5.74, 6) is 0.782. The first-order valence-electron chi connectivity index (χ1n) is 7.58. The van der Waals surface area contributed by atoms with Gasteiger partial charge in [-0.15, -0.1) is 24.8 Å². The van der Waals surface area contributed by atoms with Gasteiger partial charge in [0.25, 0.3) is 0 Å². The van der Waals surface area contributed by atoms with Gasteiger partial charge in [-0.3, -0.25) is 4.90 Å². The molecule has 0 spiro atoms. The SMILES string of the molecule is CCCC[C@@H](c1ccc(O)c(OC)c1)N1CCNCC1.Cl.Cl. The Bertz CT molecular complexity index is 427. The van der Waals surface area contributed by atoms with Crippen molar-refractivity contribution >= 4 is 24.8 Å². The molecule has 1 saturated heterocycles. The fraction of sp³-hybridized carbons (Fsp3) is 0.625. The van der Waals surface area contributed by atoms with Crippen LogP contribution in [0.4, 0.5) is 0 Å². The maximum absolute atomic E-state index is 9.75. The van der Waals surface area contributed by atoms with E-state index >= 15 is 0 Å². The molecule has 1 aliphatic rings. The van der Waals surface area contributed by atoms with E-state index < -0.39 is 0 Å². The van der Waals surface area contributed by atoms with Crippen molar-refractivity contribution in [3.63, 3.8) is 0 Å². The number of halogens is 2. The molecular weight excluding hydrogens is 323 g/mol. The molecule has 2 N–H and O–H groups in total. The number of ether oxygens (including phenoxy) is 1. The number of hydrogen-bond acceptors (Lipinski definition) is 4. The quantitative estimate of drug-likeness (QED) is 0.825. The summed E-state index contributed by atoms with van der Waals surface area (Å²) in [6.07, 6.45) is 3.58. The summed E-state index contributed by atoms with van der Waals surface area (Å²) in [6.45, 7) is 6.50. The average Bonchev–Trinajstić information content (AvgIpc) is 2.50. The molecule has 1 aromatic rings. The fourth-order valence-corrected chi connectivity index (χ4v) is 2.85. The van der Waals surface area contributed by atoms with Gasteiger partial charge in [-0.25, -0.2) is 0 Å². The molecule has 1 aliphatic heterocycles. The van der Waals surface area contributed by atoms with Crippen LogP contribution in [0.5, 0.6) is 11.5 Å². The van der Waals surface area contributed by atoms with Crippen molar-refractivity contribution in [2.45, 2.75) is 32.2 Å². The predicted molar refractivity (Wildman–Crippen MR) is 95.9 cm³/mol. The van der Waals surface area contributed by atoms with Crippen LogP contribution in [0.3, 0.4) is 0 Å². The van der Waals surface area contributed by atoms with E-state index in [2.05, 4.69) is 17.1 Å². The van der Waals surface area contributed by atoms with Gasteiger partial charge in [-0.2, -0.15) is 0 Å². The van der Waals surface area contributed by atoms with E-state index in [0.717, 1.165) is 32.6 Å². The third-order valence-electron chi connectivity index (χ3n) is 4.01. The van der Waals surface area contributed by atoms with Gasteiger partial charge in [0.05, 0.1) is 7.11 Å². The predicted octanol–water partition coefficient (Wildman–Crippen LogP) is 3.38. The second-order valence-electron chi connectivity index (χ2n) is 5.38. The summed E-state index contributed by atoms with van der Waals surface area (Å²) in [5.41, 5.74) is 1.25. The third-order valence-corrected chi connectivity index (χ3v) is 4.01. The lowest BCUT2D eigenvalue weighted by Crippen LogP contribution is -2.45. The first-order valence-corrected chi connectivity index (χ1v) is 7.58. The highest BCUT2D eigenvalue weighted by Crippen LogP contribution is 2.33. The molecule has 6 heteroatoms. The molecule has 0 aliphatic carbocycles. The van der Waals surface area contributed by atoms with Crippen LogP contribution in [-0.4, -0.2) is 43.3 Å². The summed E-state index contributed by atoms with van der Waals surface area (Å²) in [7, 11) is 1.60. The molecular formula is C16H28Cl2N2O2. The number of unbranched alkanes of at least 4 members (excludes halogenated alkanes) is 1. The van der Waals surface area contributed by atoms with Crippen molar-refractivity contribution < 1.29 is 9.84 Å². The maximum atomic E-state index is 9.75. The lowest BCUT2D eigenvalue weighted by atomic mass is 9.98. The van der Waals surface area contributed by atoms with Crippen LogP contribution in [0.1, 0.15) is 37.8 Å². The van der Waals surface area contributed by atoms with E-state index in [9.17, 15) is 5.11 Å². The number of rotatable bonds is 6. The smallest absolute Gasteiger partial charge is 0.160 e. The number of phenolic OH excluding ortho intramolecular Hbond substituents is 1. The van der Waals surface area contributed by atoms with Crippen molar-refractivity contribution in [1.29, 1.82) is 0 Å². The first-order chi connectivity index (χ1) is 9.76. The van der Waals surface area contributed by atoms with Crippen molar-refractivity contribution in [3.05, 3.63) is 23.8 Å². The molecule has 0 unspecified atom stereocenters. The number of methoxy groups -OCH3 is 1. The Balaban J connectivity index is 0.00000220. The van der Waals surface area contributed by atoms with Gasteiger partial charge in [0.2, 0.25) is 0 Å². The zero-order valence-corrected chi connectivity index (χ0v) is 15.0. The van der Waals surface area contributed by atoms with Gasteiger partial charge in [0, 0.05) is 32.2 Å². The lowest BCUT2D eigenvalue weighted by molar-refractivity contribution is 0.163. The molecule has 0 bridgehead atoms. The second-order valence-corrected chi connectivity index (χ2v) is 5.38. The van der Waals surface area contributed by atoms with Gasteiger partial charge >= 0.3 is 0 Å². The van der Waals surface area contributed by atoms with Crippen molar-refractivity contribution in [3.8, 4) is 11.5 Å². The molecule has 128 valence electrons. The lowest BCUT2D eigenvalue weighted by Gasteiger charge is -2.35. The minimum atomic E-state index is 0. The Kier molecular flexibility index (Phi) is 10.6. The van der Waals surface area contributed by atoms with Crippen molar-refractivity contribution in [1.82, 2.24) is 10.2 Å². The topological polar surface area (TPSA) is 44.7 Å². The Morgan fingerprint density at radius 1 is 1.27 bits per heavy atom. The summed E-state index contributed by atoms with van der Waals surface area (Å²) in [4.78, 5) is 2.54. The maximum Gasteiger partial charge on any atom is 0.160 e. The molecule has 0 aromatic heterocycles. The van der Waals surface area contributed by atoms with E-state index in [0.29, 0.717) is 11.8 Å². The Morgan fingerprint density at radius 2 is 1.95 bits per heavy atom. The number of benzene rings is 1. The van der Waals surface area contributed by atoms with Crippen LogP contribution < -0.4 is 10.1 Å². The van der Waals surface area contributed by atoms with E-state index in [1.807, 2.05) is 12.1 Å². The molecule has 0 radical (unpaired) electrons. The number of aromatic hydroxyl groups is 1. The van der Waals surface area contributed by atoms with Gasteiger partial charge in [0.15, 0.2) is 11.5 Å². The molecule has 22 heavy (non-hydrogen) atoms. The fourth-order valence-electron chi connectivity index (χ4n) is 2.85. The molecule has 0 saturated carbocycles. The van der Waals surface area contributed by atoms with Gasteiger partial charge in [0.1, 0.15) is 0 Å². The number of nitrogens with one attached hydrogen (secondary N) is 1. The molecule has 1 heterocycles. The highest BCUT2D eigenvalue weighted by Gasteiger charge is 2.22. The minimum absolute atomic E-state index is 0. The van der Waals surface area contributed by atoms with Crippen LogP contribution in [0.25, 0.3) is 0 Å². The first kappa shape index (κ1) is 21.3. The van der Waals surface area contributed by atoms with Gasteiger partial charge in [-0.05, 0) is 24.1 Å². The highest BCUT2D eigenvalue weighted by atomic mass is 35.5. The third kappa shape index (κ3) is 5.51. The average molecular weight is 351 g/mol. The Hall–Kier alpha value is -0.680. The molecule has 4 nitrogen and oxygen atoms in total. The standard InChI is InChI=1S/C16H26N2O2.2ClH/c1-3-4-5-14(18-10-8-17-9-11-18)13-6-7-15(19)16(12-13)20-2;;/h6-7,12,14,17,19H,3-5,8-11H2,1-2H3;2*1H/t14-;;/m0../s1. The summed E-state index contributed by atoms with van der Waals surface area (Å²) < 4.78 is 5.25. The zero-order valence-electron chi connectivity index (χ0n) is 13.4. The molecule has 1 atom stereocenters. The minimum Gasteiger partial charge on any atom is -0.504 e. The normalized spacial score (nSPS) is 16.3. The van der Waals surface area contributed by atoms with Crippen LogP contribution in [-0.2, 0) is 0 Å². The van der Waals surface area contributed by atoms with Crippen molar-refractivity contribution in [2.75, 3.05) is 33.3 Å². The molecule has 2 rings (SSSR count). The summed E-state index contributed by atoms with van der Waals surface area (Å²) in [5, 5.41) is 13.2. The van der Waals surface area contributed by atoms with E-state index in [4.69, 9.17) is 4.74 Å². The number of hydrogen-bond donors (Lipinski definition) is 2. The van der Waals surface area contributed by atoms with Gasteiger partial charge < -0.3 is 15.2 Å². The largest absolute Gasteiger partial charge is 0.504 e. The monoisotopic (exact) mass is 350 g/mol. The zero-order chi connectivity index (χ0) is 14.4. The molecule has 1 fully saturated rings. The van der Waals surface area contributed by atoms with Crippen LogP contribution in [0, 0.1) is 0 Å². The van der Waals surface area contributed by atoms with E-state index in [-0.39, 0.29) is 30.6 Å². The Morgan fingerprint density at radius 3 is 2.55 bits per heavy atom. The highest BCUT2D eigenvalue weighted by molar-refractivity contribution is 5.85. The number of phenols is 1. The Labute approximate surface area is 146 Å². The van der Waals surface area contributed by atoms with E-state index in [1.54, 1.807) is 13.2 Å². The summed E-state index contributed by atoms with van der Waals surface area (Å²) >= 11 is 0.